The second-order valence-corrected chi connectivity index (χ2v) is 5.53. The van der Waals surface area contributed by atoms with Crippen LogP contribution < -0.4 is 10.6 Å². The van der Waals surface area contributed by atoms with Gasteiger partial charge < -0.3 is 10.6 Å². The normalized spacial score (nSPS) is 16.7. The van der Waals surface area contributed by atoms with E-state index in [2.05, 4.69) is 11.0 Å². The van der Waals surface area contributed by atoms with E-state index in [1.54, 1.807) is 6.07 Å². The molecular formula is C18H17N3O. The topological polar surface area (TPSA) is 70.1 Å². The second-order valence-electron chi connectivity index (χ2n) is 5.53. The van der Waals surface area contributed by atoms with Gasteiger partial charge in [0.15, 0.2) is 0 Å². The van der Waals surface area contributed by atoms with Gasteiger partial charge >= 0.3 is 0 Å². The van der Waals surface area contributed by atoms with Gasteiger partial charge in [-0.2, -0.15) is 5.26 Å². The molecule has 22 heavy (non-hydrogen) atoms. The fourth-order valence-corrected chi connectivity index (χ4v) is 3.02. The number of nitrogens with two attached hydrogens (primary N) is 1. The molecule has 1 atom stereocenters. The molecule has 4 heteroatoms. The van der Waals surface area contributed by atoms with Crippen molar-refractivity contribution in [3.63, 3.8) is 0 Å². The molecule has 1 heterocycles. The Kier molecular flexibility index (Phi) is 3.80. The summed E-state index contributed by atoms with van der Waals surface area (Å²) in [6, 6.07) is 17.5. The highest BCUT2D eigenvalue weighted by atomic mass is 16.1. The molecule has 2 aromatic rings. The Morgan fingerprint density at radius 3 is 2.73 bits per heavy atom. The number of benzene rings is 2. The maximum Gasteiger partial charge on any atom is 0.240 e. The monoisotopic (exact) mass is 291 g/mol. The van der Waals surface area contributed by atoms with Gasteiger partial charge in [-0.3, -0.25) is 4.79 Å². The summed E-state index contributed by atoms with van der Waals surface area (Å²) in [5.74, 6) is -0.300. The number of nitrogens with zero attached hydrogens (tertiary/aromatic N) is 2. The van der Waals surface area contributed by atoms with E-state index in [1.165, 1.54) is 0 Å². The highest BCUT2D eigenvalue weighted by Gasteiger charge is 2.30. The number of aryl methyl sites for hydroxylation is 1. The van der Waals surface area contributed by atoms with Crippen LogP contribution in [0.2, 0.25) is 0 Å². The highest BCUT2D eigenvalue weighted by molar-refractivity contribution is 5.85. The lowest BCUT2D eigenvalue weighted by Gasteiger charge is -2.37. The van der Waals surface area contributed by atoms with Crippen LogP contribution in [0.3, 0.4) is 0 Å². The number of amides is 1. The number of primary amides is 1. The molecule has 0 bridgehead atoms. The number of hydrogen-bond acceptors (Lipinski definition) is 3. The Morgan fingerprint density at radius 1 is 1.27 bits per heavy atom. The minimum absolute atomic E-state index is 0.300. The minimum Gasteiger partial charge on any atom is -0.368 e. The Bertz CT molecular complexity index is 734. The van der Waals surface area contributed by atoms with Gasteiger partial charge in [-0.15, -0.1) is 0 Å². The van der Waals surface area contributed by atoms with E-state index >= 15 is 0 Å². The molecule has 4 nitrogen and oxygen atoms in total. The standard InChI is InChI=1S/C18H17N3O/c19-11-14-6-8-16-15(10-14)7-9-17(18(20)22)21(16)12-13-4-2-1-3-5-13/h1-6,8,10,17H,7,9,12H2,(H2,20,22). The zero-order valence-electron chi connectivity index (χ0n) is 12.2. The number of carbonyl (C=O) groups excluding carboxylic acids is 1. The number of hydrogen-bond donors (Lipinski definition) is 1. The third-order valence-corrected chi connectivity index (χ3v) is 4.11. The fraction of sp³-hybridized carbons (Fsp3) is 0.222. The second kappa shape index (κ2) is 5.90. The first-order chi connectivity index (χ1) is 10.7. The molecule has 0 saturated carbocycles. The van der Waals surface area contributed by atoms with Crippen LogP contribution in [0.15, 0.2) is 48.5 Å². The Balaban J connectivity index is 2.00. The van der Waals surface area contributed by atoms with E-state index in [1.807, 2.05) is 42.5 Å². The molecule has 0 radical (unpaired) electrons. The van der Waals surface area contributed by atoms with Crippen LogP contribution in [0.1, 0.15) is 23.1 Å². The predicted octanol–water partition coefficient (Wildman–Crippen LogP) is 2.36. The van der Waals surface area contributed by atoms with Crippen molar-refractivity contribution in [2.45, 2.75) is 25.4 Å². The van der Waals surface area contributed by atoms with Gasteiger partial charge in [0.25, 0.3) is 0 Å². The van der Waals surface area contributed by atoms with Crippen molar-refractivity contribution in [2.75, 3.05) is 4.90 Å². The van der Waals surface area contributed by atoms with E-state index in [9.17, 15) is 4.79 Å². The van der Waals surface area contributed by atoms with Crippen LogP contribution >= 0.6 is 0 Å². The van der Waals surface area contributed by atoms with Crippen LogP contribution in [0.4, 0.5) is 5.69 Å². The zero-order valence-corrected chi connectivity index (χ0v) is 12.2. The van der Waals surface area contributed by atoms with Crippen LogP contribution in [0.25, 0.3) is 0 Å². The largest absolute Gasteiger partial charge is 0.368 e. The third-order valence-electron chi connectivity index (χ3n) is 4.11. The average molecular weight is 291 g/mol. The summed E-state index contributed by atoms with van der Waals surface area (Å²) in [4.78, 5) is 13.9. The smallest absolute Gasteiger partial charge is 0.240 e. The molecule has 1 aliphatic heterocycles. The highest BCUT2D eigenvalue weighted by Crippen LogP contribution is 2.32. The van der Waals surface area contributed by atoms with E-state index in [4.69, 9.17) is 11.0 Å². The molecule has 0 saturated heterocycles. The summed E-state index contributed by atoms with van der Waals surface area (Å²) in [5, 5.41) is 9.04. The van der Waals surface area contributed by atoms with Gasteiger partial charge in [0.05, 0.1) is 11.6 Å². The first kappa shape index (κ1) is 14.2. The molecule has 2 N–H and O–H groups in total. The minimum atomic E-state index is -0.305. The zero-order chi connectivity index (χ0) is 15.5. The van der Waals surface area contributed by atoms with E-state index in [0.29, 0.717) is 18.5 Å². The van der Waals surface area contributed by atoms with Gasteiger partial charge in [0.2, 0.25) is 5.91 Å². The van der Waals surface area contributed by atoms with E-state index in [0.717, 1.165) is 23.2 Å². The molecule has 1 unspecified atom stereocenters. The summed E-state index contributed by atoms with van der Waals surface area (Å²) in [5.41, 5.74) is 9.47. The molecule has 2 aromatic carbocycles. The lowest BCUT2D eigenvalue weighted by molar-refractivity contribution is -0.119. The van der Waals surface area contributed by atoms with Gasteiger partial charge in [0, 0.05) is 12.2 Å². The van der Waals surface area contributed by atoms with Crippen LogP contribution in [0, 0.1) is 11.3 Å². The molecule has 1 amide bonds. The van der Waals surface area contributed by atoms with Crippen molar-refractivity contribution >= 4 is 11.6 Å². The van der Waals surface area contributed by atoms with Gasteiger partial charge in [-0.1, -0.05) is 30.3 Å². The Morgan fingerprint density at radius 2 is 2.05 bits per heavy atom. The van der Waals surface area contributed by atoms with Crippen molar-refractivity contribution in [1.82, 2.24) is 0 Å². The summed E-state index contributed by atoms with van der Waals surface area (Å²) in [6.45, 7) is 0.632. The third kappa shape index (κ3) is 2.66. The molecule has 3 rings (SSSR count). The van der Waals surface area contributed by atoms with E-state index < -0.39 is 0 Å². The number of anilines is 1. The SMILES string of the molecule is N#Cc1ccc2c(c1)CCC(C(N)=O)N2Cc1ccccc1. The predicted molar refractivity (Wildman–Crippen MR) is 85.1 cm³/mol. The van der Waals surface area contributed by atoms with Crippen molar-refractivity contribution in [1.29, 1.82) is 5.26 Å². The molecule has 1 aliphatic rings. The first-order valence-electron chi connectivity index (χ1n) is 7.32. The lowest BCUT2D eigenvalue weighted by atomic mass is 9.93. The van der Waals surface area contributed by atoms with Crippen molar-refractivity contribution in [2.24, 2.45) is 5.73 Å². The molecule has 0 aromatic heterocycles. The lowest BCUT2D eigenvalue weighted by Crippen LogP contribution is -2.47. The molecule has 0 aliphatic carbocycles. The fourth-order valence-electron chi connectivity index (χ4n) is 3.02. The number of fused-ring (bicyclic) bond motifs is 1. The van der Waals surface area contributed by atoms with E-state index in [-0.39, 0.29) is 11.9 Å². The van der Waals surface area contributed by atoms with Crippen molar-refractivity contribution in [3.8, 4) is 6.07 Å². The van der Waals surface area contributed by atoms with Crippen LogP contribution in [0.5, 0.6) is 0 Å². The Hall–Kier alpha value is -2.80. The Labute approximate surface area is 129 Å². The first-order valence-corrected chi connectivity index (χ1v) is 7.32. The molecule has 0 spiro atoms. The number of rotatable bonds is 3. The van der Waals surface area contributed by atoms with Crippen LogP contribution in [-0.4, -0.2) is 11.9 Å². The maximum absolute atomic E-state index is 11.8. The van der Waals surface area contributed by atoms with Crippen molar-refractivity contribution < 1.29 is 4.79 Å². The number of carbonyl (C=O) groups is 1. The molecule has 0 fully saturated rings. The maximum atomic E-state index is 11.8. The van der Waals surface area contributed by atoms with Crippen molar-refractivity contribution in [3.05, 3.63) is 65.2 Å². The molecular weight excluding hydrogens is 274 g/mol. The summed E-state index contributed by atoms with van der Waals surface area (Å²) in [7, 11) is 0. The quantitative estimate of drug-likeness (QED) is 0.943. The van der Waals surface area contributed by atoms with Gasteiger partial charge in [0.1, 0.15) is 6.04 Å². The molecule has 110 valence electrons. The van der Waals surface area contributed by atoms with Crippen LogP contribution in [-0.2, 0) is 17.8 Å². The summed E-state index contributed by atoms with van der Waals surface area (Å²) >= 11 is 0. The average Bonchev–Trinajstić information content (AvgIpc) is 2.55. The number of nitriles is 1. The summed E-state index contributed by atoms with van der Waals surface area (Å²) < 4.78 is 0. The summed E-state index contributed by atoms with van der Waals surface area (Å²) in [6.07, 6.45) is 1.45. The van der Waals surface area contributed by atoms with Gasteiger partial charge in [-0.05, 0) is 42.2 Å². The van der Waals surface area contributed by atoms with Gasteiger partial charge in [-0.25, -0.2) is 0 Å².